The molecule has 10 rings (SSSR count). The standard InChI is InChI=1S/C45H27N3O2/c1-2-9-28(10-3-1)29-17-19-30(20-18-29)31-11-8-12-32(25-31)43-46-44(33-22-24-41-38(26-33)36-14-5-7-16-40(36)49-41)48-45(47-43)34-21-23-37-35-13-4-6-15-39(35)50-42(37)27-34/h1-27H. The number of benzene rings is 7. The molecule has 0 saturated carbocycles. The number of para-hydroxylation sites is 2. The van der Waals surface area contributed by atoms with Crippen LogP contribution in [0.4, 0.5) is 0 Å². The highest BCUT2D eigenvalue weighted by molar-refractivity contribution is 6.07. The fourth-order valence-electron chi connectivity index (χ4n) is 6.82. The Morgan fingerprint density at radius 3 is 1.42 bits per heavy atom. The number of hydrogen-bond donors (Lipinski definition) is 0. The van der Waals surface area contributed by atoms with Gasteiger partial charge in [-0.1, -0.05) is 115 Å². The van der Waals surface area contributed by atoms with E-state index in [1.165, 1.54) is 11.1 Å². The summed E-state index contributed by atoms with van der Waals surface area (Å²) in [5.74, 6) is 1.75. The van der Waals surface area contributed by atoms with Crippen molar-refractivity contribution in [2.75, 3.05) is 0 Å². The zero-order chi connectivity index (χ0) is 33.0. The molecule has 5 nitrogen and oxygen atoms in total. The molecule has 3 heterocycles. The lowest BCUT2D eigenvalue weighted by Gasteiger charge is -2.10. The molecule has 0 aliphatic heterocycles. The summed E-state index contributed by atoms with van der Waals surface area (Å²) in [6, 6.07) is 55.9. The highest BCUT2D eigenvalue weighted by Gasteiger charge is 2.17. The van der Waals surface area contributed by atoms with E-state index in [2.05, 4.69) is 103 Å². The molecular formula is C45H27N3O2. The zero-order valence-corrected chi connectivity index (χ0v) is 26.7. The summed E-state index contributed by atoms with van der Waals surface area (Å²) in [5, 5.41) is 4.22. The molecule has 0 fully saturated rings. The summed E-state index contributed by atoms with van der Waals surface area (Å²) in [7, 11) is 0. The number of hydrogen-bond acceptors (Lipinski definition) is 5. The smallest absolute Gasteiger partial charge is 0.164 e. The number of furan rings is 2. The molecule has 0 N–H and O–H groups in total. The van der Waals surface area contributed by atoms with Gasteiger partial charge in [0.1, 0.15) is 22.3 Å². The molecule has 0 radical (unpaired) electrons. The van der Waals surface area contributed by atoms with Crippen molar-refractivity contribution in [2.45, 2.75) is 0 Å². The van der Waals surface area contributed by atoms with Crippen LogP contribution in [-0.2, 0) is 0 Å². The molecule has 0 bridgehead atoms. The van der Waals surface area contributed by atoms with Crippen molar-refractivity contribution in [1.82, 2.24) is 15.0 Å². The van der Waals surface area contributed by atoms with Crippen LogP contribution in [-0.4, -0.2) is 15.0 Å². The Labute approximate surface area is 287 Å². The lowest BCUT2D eigenvalue weighted by atomic mass is 9.99. The molecule has 50 heavy (non-hydrogen) atoms. The Morgan fingerprint density at radius 1 is 0.260 bits per heavy atom. The van der Waals surface area contributed by atoms with E-state index >= 15 is 0 Å². The van der Waals surface area contributed by atoms with E-state index in [-0.39, 0.29) is 0 Å². The zero-order valence-electron chi connectivity index (χ0n) is 26.7. The van der Waals surface area contributed by atoms with Crippen LogP contribution < -0.4 is 0 Å². The largest absolute Gasteiger partial charge is 0.456 e. The number of aromatic nitrogens is 3. The molecule has 5 heteroatoms. The van der Waals surface area contributed by atoms with Gasteiger partial charge in [0.15, 0.2) is 17.5 Å². The van der Waals surface area contributed by atoms with Gasteiger partial charge in [0, 0.05) is 38.2 Å². The molecule has 7 aromatic carbocycles. The van der Waals surface area contributed by atoms with Gasteiger partial charge in [0.2, 0.25) is 0 Å². The predicted molar refractivity (Wildman–Crippen MR) is 202 cm³/mol. The van der Waals surface area contributed by atoms with Crippen LogP contribution in [0.15, 0.2) is 173 Å². The van der Waals surface area contributed by atoms with E-state index in [9.17, 15) is 0 Å². The lowest BCUT2D eigenvalue weighted by Crippen LogP contribution is -2.00. The first-order chi connectivity index (χ1) is 24.7. The SMILES string of the molecule is c1ccc(-c2ccc(-c3cccc(-c4nc(-c5ccc6c(c5)oc5ccccc56)nc(-c5ccc6oc7ccccc7c6c5)n4)c3)cc2)cc1. The van der Waals surface area contributed by atoms with Crippen LogP contribution in [0, 0.1) is 0 Å². The first-order valence-electron chi connectivity index (χ1n) is 16.6. The Bertz CT molecular complexity index is 2870. The number of rotatable bonds is 5. The van der Waals surface area contributed by atoms with Crippen molar-refractivity contribution < 1.29 is 8.83 Å². The van der Waals surface area contributed by atoms with Gasteiger partial charge in [-0.2, -0.15) is 0 Å². The normalized spacial score (nSPS) is 11.6. The monoisotopic (exact) mass is 641 g/mol. The molecule has 0 amide bonds. The summed E-state index contributed by atoms with van der Waals surface area (Å²) < 4.78 is 12.4. The van der Waals surface area contributed by atoms with Crippen molar-refractivity contribution in [2.24, 2.45) is 0 Å². The second-order valence-corrected chi connectivity index (χ2v) is 12.4. The Hall–Kier alpha value is -6.85. The van der Waals surface area contributed by atoms with Gasteiger partial charge in [-0.25, -0.2) is 15.0 Å². The van der Waals surface area contributed by atoms with Crippen LogP contribution in [0.25, 0.3) is 100 Å². The highest BCUT2D eigenvalue weighted by atomic mass is 16.3. The minimum Gasteiger partial charge on any atom is -0.456 e. The van der Waals surface area contributed by atoms with Gasteiger partial charge in [-0.15, -0.1) is 0 Å². The Morgan fingerprint density at radius 2 is 0.700 bits per heavy atom. The van der Waals surface area contributed by atoms with Gasteiger partial charge in [0.25, 0.3) is 0 Å². The Balaban J connectivity index is 1.11. The van der Waals surface area contributed by atoms with Crippen molar-refractivity contribution in [3.05, 3.63) is 164 Å². The van der Waals surface area contributed by atoms with E-state index in [1.807, 2.05) is 60.7 Å². The maximum absolute atomic E-state index is 6.24. The predicted octanol–water partition coefficient (Wildman–Crippen LogP) is 12.0. The van der Waals surface area contributed by atoms with Gasteiger partial charge < -0.3 is 8.83 Å². The molecular weight excluding hydrogens is 615 g/mol. The average Bonchev–Trinajstić information content (AvgIpc) is 3.76. The van der Waals surface area contributed by atoms with Crippen molar-refractivity contribution >= 4 is 43.9 Å². The fourth-order valence-corrected chi connectivity index (χ4v) is 6.82. The minimum absolute atomic E-state index is 0.571. The summed E-state index contributed by atoms with van der Waals surface area (Å²) in [4.78, 5) is 15.2. The van der Waals surface area contributed by atoms with E-state index in [0.717, 1.165) is 71.7 Å². The second-order valence-electron chi connectivity index (χ2n) is 12.4. The molecule has 0 aliphatic rings. The van der Waals surface area contributed by atoms with Crippen LogP contribution in [0.5, 0.6) is 0 Å². The molecule has 0 atom stereocenters. The summed E-state index contributed by atoms with van der Waals surface area (Å²) >= 11 is 0. The third kappa shape index (κ3) is 4.83. The van der Waals surface area contributed by atoms with Crippen LogP contribution >= 0.6 is 0 Å². The highest BCUT2D eigenvalue weighted by Crippen LogP contribution is 2.35. The van der Waals surface area contributed by atoms with Crippen LogP contribution in [0.1, 0.15) is 0 Å². The van der Waals surface area contributed by atoms with E-state index in [1.54, 1.807) is 0 Å². The Kier molecular flexibility index (Phi) is 6.42. The van der Waals surface area contributed by atoms with Gasteiger partial charge in [-0.3, -0.25) is 0 Å². The summed E-state index contributed by atoms with van der Waals surface area (Å²) in [5.41, 5.74) is 10.5. The van der Waals surface area contributed by atoms with E-state index in [4.69, 9.17) is 23.8 Å². The molecule has 234 valence electrons. The van der Waals surface area contributed by atoms with Crippen molar-refractivity contribution in [3.63, 3.8) is 0 Å². The number of fused-ring (bicyclic) bond motifs is 6. The van der Waals surface area contributed by atoms with E-state index in [0.29, 0.717) is 17.5 Å². The van der Waals surface area contributed by atoms with Crippen LogP contribution in [0.3, 0.4) is 0 Å². The maximum Gasteiger partial charge on any atom is 0.164 e. The number of nitrogens with zero attached hydrogens (tertiary/aromatic N) is 3. The lowest BCUT2D eigenvalue weighted by molar-refractivity contribution is 0.668. The average molecular weight is 642 g/mol. The topological polar surface area (TPSA) is 65.0 Å². The summed E-state index contributed by atoms with van der Waals surface area (Å²) in [6.07, 6.45) is 0. The quantitative estimate of drug-likeness (QED) is 0.187. The van der Waals surface area contributed by atoms with Gasteiger partial charge in [0.05, 0.1) is 0 Å². The summed E-state index contributed by atoms with van der Waals surface area (Å²) in [6.45, 7) is 0. The third-order valence-corrected chi connectivity index (χ3v) is 9.35. The molecule has 10 aromatic rings. The molecule has 3 aromatic heterocycles. The third-order valence-electron chi connectivity index (χ3n) is 9.35. The minimum atomic E-state index is 0.571. The van der Waals surface area contributed by atoms with Crippen molar-refractivity contribution in [3.8, 4) is 56.4 Å². The van der Waals surface area contributed by atoms with E-state index < -0.39 is 0 Å². The van der Waals surface area contributed by atoms with Gasteiger partial charge >= 0.3 is 0 Å². The van der Waals surface area contributed by atoms with Crippen LogP contribution in [0.2, 0.25) is 0 Å². The fraction of sp³-hybridized carbons (Fsp3) is 0. The molecule has 0 unspecified atom stereocenters. The first-order valence-corrected chi connectivity index (χ1v) is 16.6. The maximum atomic E-state index is 6.24. The first kappa shape index (κ1) is 28.2. The molecule has 0 aliphatic carbocycles. The second kappa shape index (κ2) is 11.4. The molecule has 0 spiro atoms. The van der Waals surface area contributed by atoms with Crippen molar-refractivity contribution in [1.29, 1.82) is 0 Å². The van der Waals surface area contributed by atoms with Gasteiger partial charge in [-0.05, 0) is 70.8 Å². The molecule has 0 saturated heterocycles.